The normalized spacial score (nSPS) is 18.4. The zero-order valence-corrected chi connectivity index (χ0v) is 12.7. The quantitative estimate of drug-likeness (QED) is 0.743. The maximum Gasteiger partial charge on any atom is 0.412 e. The molecule has 3 nitrogen and oxygen atoms in total. The zero-order chi connectivity index (χ0) is 14.3. The summed E-state index contributed by atoms with van der Waals surface area (Å²) in [5, 5.41) is 0. The molecule has 0 spiro atoms. The minimum absolute atomic E-state index is 0.128. The number of halogens is 4. The minimum atomic E-state index is -4.37. The lowest BCUT2D eigenvalue weighted by molar-refractivity contribution is -0.0953. The van der Waals surface area contributed by atoms with Crippen molar-refractivity contribution in [3.63, 3.8) is 0 Å². The van der Waals surface area contributed by atoms with Crippen LogP contribution in [0.15, 0.2) is 31.8 Å². The first-order valence-corrected chi connectivity index (χ1v) is 8.28. The Morgan fingerprint density at radius 1 is 1.32 bits per heavy atom. The number of rotatable bonds is 2. The molecule has 0 saturated carbocycles. The Balaban J connectivity index is 2.20. The molecule has 1 aromatic heterocycles. The standard InChI is InChI=1S/C10H9BrF3NO2S2/c11-8-1-2-9(18-8)19(16,17)15-5-3-7(4-6-15)10(12,13)14/h1-3H,4-6H2. The van der Waals surface area contributed by atoms with E-state index in [-0.39, 0.29) is 23.7 Å². The maximum absolute atomic E-state index is 12.5. The SMILES string of the molecule is O=S(=O)(c1ccc(Br)s1)N1CC=C(C(F)(F)F)CC1. The maximum atomic E-state index is 12.5. The molecule has 0 fully saturated rings. The average molecular weight is 376 g/mol. The van der Waals surface area contributed by atoms with Gasteiger partial charge in [0.05, 0.1) is 3.79 Å². The highest BCUT2D eigenvalue weighted by Crippen LogP contribution is 2.33. The Labute approximate surface area is 120 Å². The van der Waals surface area contributed by atoms with Gasteiger partial charge in [0.15, 0.2) is 0 Å². The third kappa shape index (κ3) is 3.21. The van der Waals surface area contributed by atoms with Crippen LogP contribution in [0.4, 0.5) is 13.2 Å². The van der Waals surface area contributed by atoms with E-state index in [0.717, 1.165) is 21.7 Å². The van der Waals surface area contributed by atoms with Gasteiger partial charge >= 0.3 is 6.18 Å². The van der Waals surface area contributed by atoms with E-state index in [1.54, 1.807) is 6.07 Å². The molecule has 106 valence electrons. The summed E-state index contributed by atoms with van der Waals surface area (Å²) in [6, 6.07) is 3.03. The highest BCUT2D eigenvalue weighted by Gasteiger charge is 2.37. The fourth-order valence-corrected chi connectivity index (χ4v) is 5.23. The van der Waals surface area contributed by atoms with Crippen molar-refractivity contribution in [1.29, 1.82) is 0 Å². The number of alkyl halides is 3. The van der Waals surface area contributed by atoms with Crippen molar-refractivity contribution in [2.24, 2.45) is 0 Å². The molecule has 0 radical (unpaired) electrons. The molecule has 0 aliphatic carbocycles. The molecular weight excluding hydrogens is 367 g/mol. The Kier molecular flexibility index (Phi) is 4.10. The largest absolute Gasteiger partial charge is 0.412 e. The van der Waals surface area contributed by atoms with E-state index in [2.05, 4.69) is 15.9 Å². The van der Waals surface area contributed by atoms with Crippen LogP contribution in [0.1, 0.15) is 6.42 Å². The minimum Gasteiger partial charge on any atom is -0.206 e. The summed E-state index contributed by atoms with van der Waals surface area (Å²) >= 11 is 4.20. The van der Waals surface area contributed by atoms with Crippen LogP contribution >= 0.6 is 27.3 Å². The molecule has 0 N–H and O–H groups in total. The van der Waals surface area contributed by atoms with Gasteiger partial charge in [0.2, 0.25) is 0 Å². The van der Waals surface area contributed by atoms with E-state index in [9.17, 15) is 21.6 Å². The van der Waals surface area contributed by atoms with Gasteiger partial charge < -0.3 is 0 Å². The summed E-state index contributed by atoms with van der Waals surface area (Å²) in [4.78, 5) is 0. The second-order valence-electron chi connectivity index (χ2n) is 3.90. The second kappa shape index (κ2) is 5.19. The molecule has 1 aromatic rings. The first-order valence-electron chi connectivity index (χ1n) is 5.23. The lowest BCUT2D eigenvalue weighted by Gasteiger charge is -2.25. The molecule has 2 rings (SSSR count). The highest BCUT2D eigenvalue weighted by molar-refractivity contribution is 9.11. The Morgan fingerprint density at radius 2 is 2.00 bits per heavy atom. The topological polar surface area (TPSA) is 37.4 Å². The van der Waals surface area contributed by atoms with Gasteiger partial charge in [-0.3, -0.25) is 0 Å². The second-order valence-corrected chi connectivity index (χ2v) is 8.53. The van der Waals surface area contributed by atoms with Crippen LogP contribution in [-0.2, 0) is 10.0 Å². The molecule has 0 amide bonds. The summed E-state index contributed by atoms with van der Waals surface area (Å²) < 4.78 is 63.5. The molecule has 9 heteroatoms. The van der Waals surface area contributed by atoms with E-state index in [4.69, 9.17) is 0 Å². The third-order valence-electron chi connectivity index (χ3n) is 2.68. The van der Waals surface area contributed by atoms with Crippen LogP contribution in [0.3, 0.4) is 0 Å². The fraction of sp³-hybridized carbons (Fsp3) is 0.400. The van der Waals surface area contributed by atoms with E-state index >= 15 is 0 Å². The molecule has 2 heterocycles. The van der Waals surface area contributed by atoms with Crippen molar-refractivity contribution < 1.29 is 21.6 Å². The number of nitrogens with zero attached hydrogens (tertiary/aromatic N) is 1. The Bertz CT molecular complexity index is 607. The van der Waals surface area contributed by atoms with E-state index < -0.39 is 21.8 Å². The summed E-state index contributed by atoms with van der Waals surface area (Å²) in [5.74, 6) is 0. The van der Waals surface area contributed by atoms with Crippen LogP contribution in [0.25, 0.3) is 0 Å². The molecule has 0 unspecified atom stereocenters. The number of sulfonamides is 1. The van der Waals surface area contributed by atoms with Crippen molar-refractivity contribution in [2.75, 3.05) is 13.1 Å². The Hall–Kier alpha value is -0.380. The smallest absolute Gasteiger partial charge is 0.206 e. The van der Waals surface area contributed by atoms with Crippen LogP contribution in [0, 0.1) is 0 Å². The molecule has 0 saturated heterocycles. The van der Waals surface area contributed by atoms with Gasteiger partial charge in [-0.2, -0.15) is 17.5 Å². The van der Waals surface area contributed by atoms with Gasteiger partial charge in [-0.15, -0.1) is 11.3 Å². The molecule has 0 atom stereocenters. The van der Waals surface area contributed by atoms with Crippen molar-refractivity contribution in [2.45, 2.75) is 16.8 Å². The van der Waals surface area contributed by atoms with Crippen molar-refractivity contribution in [3.05, 3.63) is 27.6 Å². The number of thiophene rings is 1. The number of hydrogen-bond donors (Lipinski definition) is 0. The Morgan fingerprint density at radius 3 is 2.42 bits per heavy atom. The highest BCUT2D eigenvalue weighted by atomic mass is 79.9. The van der Waals surface area contributed by atoms with E-state index in [1.807, 2.05) is 0 Å². The molecule has 19 heavy (non-hydrogen) atoms. The van der Waals surface area contributed by atoms with Crippen molar-refractivity contribution in [1.82, 2.24) is 4.31 Å². The predicted molar refractivity (Wildman–Crippen MR) is 69.5 cm³/mol. The lowest BCUT2D eigenvalue weighted by atomic mass is 10.1. The molecule has 0 bridgehead atoms. The number of hydrogen-bond acceptors (Lipinski definition) is 3. The first-order chi connectivity index (χ1) is 8.71. The van der Waals surface area contributed by atoms with Gasteiger partial charge in [-0.25, -0.2) is 8.42 Å². The van der Waals surface area contributed by atoms with Crippen molar-refractivity contribution in [3.8, 4) is 0 Å². The lowest BCUT2D eigenvalue weighted by Crippen LogP contribution is -2.36. The fourth-order valence-electron chi connectivity index (χ4n) is 1.69. The van der Waals surface area contributed by atoms with E-state index in [0.29, 0.717) is 3.79 Å². The molecular formula is C10H9BrF3NO2S2. The zero-order valence-electron chi connectivity index (χ0n) is 9.45. The van der Waals surface area contributed by atoms with Gasteiger partial charge in [0.25, 0.3) is 10.0 Å². The van der Waals surface area contributed by atoms with Crippen LogP contribution < -0.4 is 0 Å². The monoisotopic (exact) mass is 375 g/mol. The van der Waals surface area contributed by atoms with Gasteiger partial charge in [-0.1, -0.05) is 6.08 Å². The van der Waals surface area contributed by atoms with Gasteiger partial charge in [-0.05, 0) is 34.5 Å². The molecule has 1 aliphatic heterocycles. The summed E-state index contributed by atoms with van der Waals surface area (Å²) in [6.07, 6.45) is -3.75. The third-order valence-corrected chi connectivity index (χ3v) is 6.63. The van der Waals surface area contributed by atoms with Crippen LogP contribution in [-0.4, -0.2) is 32.0 Å². The van der Waals surface area contributed by atoms with E-state index in [1.165, 1.54) is 6.07 Å². The average Bonchev–Trinajstić information content (AvgIpc) is 2.76. The van der Waals surface area contributed by atoms with Gasteiger partial charge in [0, 0.05) is 18.7 Å². The van der Waals surface area contributed by atoms with Crippen LogP contribution in [0.2, 0.25) is 0 Å². The van der Waals surface area contributed by atoms with Crippen LogP contribution in [0.5, 0.6) is 0 Å². The summed E-state index contributed by atoms with van der Waals surface area (Å²) in [7, 11) is -3.70. The summed E-state index contributed by atoms with van der Waals surface area (Å²) in [5.41, 5.74) is -0.661. The van der Waals surface area contributed by atoms with Gasteiger partial charge in [0.1, 0.15) is 4.21 Å². The predicted octanol–water partition coefficient (Wildman–Crippen LogP) is 3.39. The summed E-state index contributed by atoms with van der Waals surface area (Å²) in [6.45, 7) is -0.393. The molecule has 0 aromatic carbocycles. The first kappa shape index (κ1) is 15.0. The molecule has 1 aliphatic rings. The van der Waals surface area contributed by atoms with Crippen molar-refractivity contribution >= 4 is 37.3 Å².